The Bertz CT molecular complexity index is 1440. The number of hydrogen-bond acceptors (Lipinski definition) is 6. The highest BCUT2D eigenvalue weighted by Crippen LogP contribution is 2.45. The Morgan fingerprint density at radius 2 is 1.77 bits per heavy atom. The lowest BCUT2D eigenvalue weighted by Gasteiger charge is -2.42. The highest BCUT2D eigenvalue weighted by atomic mass is 16.6. The summed E-state index contributed by atoms with van der Waals surface area (Å²) in [4.78, 5) is 37.2. The number of Topliss-reactive ketones (excluding diaryl/α,β-unsaturated/α-hetero) is 1. The molecular formula is C31H34N2O6. The molecule has 0 spiro atoms. The fraction of sp³-hybridized carbons (Fsp3) is 0.355. The van der Waals surface area contributed by atoms with Gasteiger partial charge in [-0.15, -0.1) is 0 Å². The van der Waals surface area contributed by atoms with Crippen LogP contribution in [-0.2, 0) is 18.6 Å². The molecule has 8 heteroatoms. The minimum Gasteiger partial charge on any atom is -0.489 e. The van der Waals surface area contributed by atoms with Crippen LogP contribution >= 0.6 is 0 Å². The van der Waals surface area contributed by atoms with Gasteiger partial charge in [0.25, 0.3) is 11.6 Å². The number of rotatable bonds is 8. The summed E-state index contributed by atoms with van der Waals surface area (Å²) in [6, 6.07) is 17.3. The van der Waals surface area contributed by atoms with Crippen LogP contribution in [0.1, 0.15) is 78.4 Å². The highest BCUT2D eigenvalue weighted by Gasteiger charge is 2.39. The molecule has 0 N–H and O–H groups in total. The number of ketones is 1. The third-order valence-corrected chi connectivity index (χ3v) is 6.96. The van der Waals surface area contributed by atoms with Crippen LogP contribution in [0.2, 0.25) is 0 Å². The molecule has 4 rings (SSSR count). The van der Waals surface area contributed by atoms with Crippen molar-refractivity contribution in [2.75, 3.05) is 7.05 Å². The quantitative estimate of drug-likeness (QED) is 0.188. The molecular weight excluding hydrogens is 496 g/mol. The Morgan fingerprint density at radius 1 is 1.03 bits per heavy atom. The van der Waals surface area contributed by atoms with Crippen molar-refractivity contribution in [3.05, 3.63) is 98.6 Å². The minimum atomic E-state index is -0.535. The molecule has 1 aliphatic rings. The van der Waals surface area contributed by atoms with Gasteiger partial charge in [-0.05, 0) is 74.6 Å². The summed E-state index contributed by atoms with van der Waals surface area (Å²) in [6.45, 7) is 10.3. The van der Waals surface area contributed by atoms with E-state index in [1.54, 1.807) is 25.2 Å². The number of carbonyl (C=O) groups excluding carboxylic acids is 2. The highest BCUT2D eigenvalue weighted by molar-refractivity contribution is 5.95. The van der Waals surface area contributed by atoms with Gasteiger partial charge in [-0.25, -0.2) is 0 Å². The van der Waals surface area contributed by atoms with Gasteiger partial charge in [0.1, 0.15) is 23.7 Å². The second kappa shape index (κ2) is 10.5. The maximum Gasteiger partial charge on any atom is 0.275 e. The van der Waals surface area contributed by atoms with Crippen molar-refractivity contribution in [3.63, 3.8) is 0 Å². The van der Waals surface area contributed by atoms with Gasteiger partial charge >= 0.3 is 0 Å². The van der Waals surface area contributed by atoms with Crippen molar-refractivity contribution in [1.29, 1.82) is 0 Å². The van der Waals surface area contributed by atoms with Gasteiger partial charge < -0.3 is 14.4 Å². The van der Waals surface area contributed by atoms with Crippen molar-refractivity contribution in [2.24, 2.45) is 0 Å². The first-order valence-electron chi connectivity index (χ1n) is 12.8. The van der Waals surface area contributed by atoms with Crippen molar-refractivity contribution >= 4 is 17.4 Å². The first-order chi connectivity index (χ1) is 18.3. The summed E-state index contributed by atoms with van der Waals surface area (Å²) in [6.07, 6.45) is 0.887. The van der Waals surface area contributed by atoms with E-state index in [0.717, 1.165) is 29.0 Å². The zero-order valence-electron chi connectivity index (χ0n) is 23.2. The van der Waals surface area contributed by atoms with Crippen LogP contribution in [0.15, 0.2) is 60.7 Å². The number of amides is 1. The summed E-state index contributed by atoms with van der Waals surface area (Å²) in [5, 5.41) is 11.6. The zero-order chi connectivity index (χ0) is 28.5. The molecule has 39 heavy (non-hydrogen) atoms. The molecule has 0 aromatic heterocycles. The molecule has 0 saturated carbocycles. The smallest absolute Gasteiger partial charge is 0.275 e. The SMILES string of the molecule is CC(=O)c1ccc(CN(C)C(=O)c2cccc(COc3ccc4c(c3)C(C)(C)CC(C)(C)O4)c2)c([N+](=O)[O-])c1. The largest absolute Gasteiger partial charge is 0.489 e. The Morgan fingerprint density at radius 3 is 2.46 bits per heavy atom. The fourth-order valence-corrected chi connectivity index (χ4v) is 5.31. The lowest BCUT2D eigenvalue weighted by Crippen LogP contribution is -2.41. The number of fused-ring (bicyclic) bond motifs is 1. The van der Waals surface area contributed by atoms with Crippen LogP contribution in [-0.4, -0.2) is 34.2 Å². The van der Waals surface area contributed by atoms with Crippen LogP contribution in [0.5, 0.6) is 11.5 Å². The topological polar surface area (TPSA) is 99.0 Å². The van der Waals surface area contributed by atoms with E-state index in [4.69, 9.17) is 9.47 Å². The van der Waals surface area contributed by atoms with E-state index in [1.807, 2.05) is 24.3 Å². The third-order valence-electron chi connectivity index (χ3n) is 6.96. The number of ether oxygens (including phenoxy) is 2. The molecule has 0 fully saturated rings. The molecule has 0 bridgehead atoms. The van der Waals surface area contributed by atoms with E-state index >= 15 is 0 Å². The van der Waals surface area contributed by atoms with E-state index in [0.29, 0.717) is 11.1 Å². The Kier molecular flexibility index (Phi) is 7.50. The number of benzene rings is 3. The van der Waals surface area contributed by atoms with E-state index < -0.39 is 4.92 Å². The number of nitro benzene ring substituents is 1. The predicted molar refractivity (Wildman–Crippen MR) is 148 cm³/mol. The van der Waals surface area contributed by atoms with E-state index in [-0.39, 0.29) is 47.1 Å². The molecule has 1 heterocycles. The van der Waals surface area contributed by atoms with Crippen molar-refractivity contribution in [3.8, 4) is 11.5 Å². The van der Waals surface area contributed by atoms with Gasteiger partial charge in [0, 0.05) is 35.4 Å². The molecule has 0 saturated heterocycles. The molecule has 0 aliphatic carbocycles. The minimum absolute atomic E-state index is 0.0256. The average Bonchev–Trinajstić information content (AvgIpc) is 2.86. The maximum absolute atomic E-state index is 13.2. The van der Waals surface area contributed by atoms with Crippen molar-refractivity contribution in [1.82, 2.24) is 4.90 Å². The van der Waals surface area contributed by atoms with E-state index in [1.165, 1.54) is 30.0 Å². The Hall–Kier alpha value is -4.20. The van der Waals surface area contributed by atoms with Gasteiger partial charge in [-0.3, -0.25) is 19.7 Å². The van der Waals surface area contributed by atoms with Crippen LogP contribution < -0.4 is 9.47 Å². The van der Waals surface area contributed by atoms with Gasteiger partial charge in [0.2, 0.25) is 0 Å². The van der Waals surface area contributed by atoms with Crippen molar-refractivity contribution < 1.29 is 24.0 Å². The predicted octanol–water partition coefficient (Wildman–Crippen LogP) is 6.49. The van der Waals surface area contributed by atoms with Crippen LogP contribution in [0, 0.1) is 10.1 Å². The standard InChI is InChI=1S/C31H34N2O6/c1-20(34)22-10-11-24(27(15-22)33(36)37)17-32(6)29(35)23-9-7-8-21(14-23)18-38-25-12-13-28-26(16-25)30(2,3)19-31(4,5)39-28/h7-16H,17-19H2,1-6H3. The maximum atomic E-state index is 13.2. The molecule has 1 aliphatic heterocycles. The number of nitro groups is 1. The summed E-state index contributed by atoms with van der Waals surface area (Å²) < 4.78 is 12.3. The number of hydrogen-bond donors (Lipinski definition) is 0. The van der Waals surface area contributed by atoms with Gasteiger partial charge in [-0.2, -0.15) is 0 Å². The fourth-order valence-electron chi connectivity index (χ4n) is 5.31. The lowest BCUT2D eigenvalue weighted by atomic mass is 9.74. The first kappa shape index (κ1) is 27.8. The van der Waals surface area contributed by atoms with Crippen LogP contribution in [0.3, 0.4) is 0 Å². The monoisotopic (exact) mass is 530 g/mol. The van der Waals surface area contributed by atoms with Crippen LogP contribution in [0.25, 0.3) is 0 Å². The second-order valence-corrected chi connectivity index (χ2v) is 11.4. The molecule has 1 amide bonds. The average molecular weight is 531 g/mol. The summed E-state index contributed by atoms with van der Waals surface area (Å²) in [7, 11) is 1.59. The third kappa shape index (κ3) is 6.28. The normalized spacial score (nSPS) is 15.0. The van der Waals surface area contributed by atoms with Crippen LogP contribution in [0.4, 0.5) is 5.69 Å². The first-order valence-corrected chi connectivity index (χ1v) is 12.8. The van der Waals surface area contributed by atoms with E-state index in [2.05, 4.69) is 27.7 Å². The molecule has 3 aromatic carbocycles. The Balaban J connectivity index is 1.46. The zero-order valence-corrected chi connectivity index (χ0v) is 23.2. The summed E-state index contributed by atoms with van der Waals surface area (Å²) in [5.74, 6) is 1.05. The molecule has 0 unspecified atom stereocenters. The number of nitrogens with zero attached hydrogens (tertiary/aromatic N) is 2. The summed E-state index contributed by atoms with van der Waals surface area (Å²) in [5.41, 5.74) is 2.50. The van der Waals surface area contributed by atoms with Gasteiger partial charge in [0.15, 0.2) is 5.78 Å². The van der Waals surface area contributed by atoms with Crippen molar-refractivity contribution in [2.45, 2.75) is 65.2 Å². The Labute approximate surface area is 228 Å². The lowest BCUT2D eigenvalue weighted by molar-refractivity contribution is -0.385. The molecule has 204 valence electrons. The number of carbonyl (C=O) groups is 2. The second-order valence-electron chi connectivity index (χ2n) is 11.4. The summed E-state index contributed by atoms with van der Waals surface area (Å²) >= 11 is 0. The van der Waals surface area contributed by atoms with Gasteiger partial charge in [0.05, 0.1) is 11.5 Å². The van der Waals surface area contributed by atoms with E-state index in [9.17, 15) is 19.7 Å². The molecule has 0 atom stereocenters. The van der Waals surface area contributed by atoms with Gasteiger partial charge in [-0.1, -0.05) is 32.0 Å². The molecule has 8 nitrogen and oxygen atoms in total. The molecule has 0 radical (unpaired) electrons. The molecule has 3 aromatic rings.